The molecule has 1 amide bonds. The Kier molecular flexibility index (Phi) is 5.44. The number of rotatable bonds is 6. The van der Waals surface area contributed by atoms with E-state index in [1.165, 1.54) is 16.3 Å². The van der Waals surface area contributed by atoms with Gasteiger partial charge in [0.1, 0.15) is 0 Å². The maximum Gasteiger partial charge on any atom is 0.251 e. The van der Waals surface area contributed by atoms with Gasteiger partial charge < -0.3 is 15.0 Å². The van der Waals surface area contributed by atoms with Crippen molar-refractivity contribution in [3.8, 4) is 11.1 Å². The molecule has 0 aliphatic rings. The number of amides is 1. The lowest BCUT2D eigenvalue weighted by Gasteiger charge is -2.12. The second-order valence-electron chi connectivity index (χ2n) is 7.88. The Balaban J connectivity index is 1.55. The molecule has 0 radical (unpaired) electrons. The number of aliphatic hydroxyl groups excluding tert-OH is 1. The number of benzene rings is 4. The number of carbonyl (C=O) groups excluding carboxylic acids is 1. The highest BCUT2D eigenvalue weighted by atomic mass is 16.3. The smallest absolute Gasteiger partial charge is 0.251 e. The highest BCUT2D eigenvalue weighted by Crippen LogP contribution is 2.29. The van der Waals surface area contributed by atoms with E-state index in [0.29, 0.717) is 5.56 Å². The van der Waals surface area contributed by atoms with Crippen LogP contribution in [0.15, 0.2) is 97.2 Å². The van der Waals surface area contributed by atoms with E-state index < -0.39 is 0 Å². The first kappa shape index (κ1) is 20.0. The van der Waals surface area contributed by atoms with E-state index in [1.54, 1.807) is 0 Å². The Morgan fingerprint density at radius 3 is 2.56 bits per heavy atom. The van der Waals surface area contributed by atoms with Crippen molar-refractivity contribution in [3.63, 3.8) is 0 Å². The lowest BCUT2D eigenvalue weighted by molar-refractivity contribution is 0.0945. The third kappa shape index (κ3) is 3.77. The van der Waals surface area contributed by atoms with Gasteiger partial charge in [-0.15, -0.1) is 0 Å². The third-order valence-electron chi connectivity index (χ3n) is 5.87. The lowest BCUT2D eigenvalue weighted by Crippen LogP contribution is -2.26. The highest BCUT2D eigenvalue weighted by molar-refractivity contribution is 6.01. The molecule has 0 fully saturated rings. The molecule has 1 aromatic heterocycles. The van der Waals surface area contributed by atoms with Crippen LogP contribution in [-0.4, -0.2) is 28.7 Å². The summed E-state index contributed by atoms with van der Waals surface area (Å²) in [6, 6.07) is 30.9. The van der Waals surface area contributed by atoms with Crippen molar-refractivity contribution < 1.29 is 9.90 Å². The molecule has 2 N–H and O–H groups in total. The van der Waals surface area contributed by atoms with Crippen LogP contribution in [0.4, 0.5) is 0 Å². The van der Waals surface area contributed by atoms with E-state index >= 15 is 0 Å². The average molecular weight is 421 g/mol. The standard InChI is InChI=1S/C28H24N2O2/c31-17-15-29-28(32)26-11-4-3-10-25(26)22-13-12-21-14-16-30(27(21)18-22)19-23-8-5-7-20-6-1-2-9-24(20)23/h1-14,16,18,31H,15,17,19H2,(H,29,32). The Bertz CT molecular complexity index is 1410. The van der Waals surface area contributed by atoms with Crippen molar-refractivity contribution in [2.45, 2.75) is 6.54 Å². The molecular formula is C28H24N2O2. The molecule has 1 heterocycles. The summed E-state index contributed by atoms with van der Waals surface area (Å²) < 4.78 is 2.26. The van der Waals surface area contributed by atoms with Crippen LogP contribution in [0.1, 0.15) is 15.9 Å². The summed E-state index contributed by atoms with van der Waals surface area (Å²) in [6.45, 7) is 0.925. The molecule has 0 spiro atoms. The van der Waals surface area contributed by atoms with Crippen molar-refractivity contribution in [3.05, 3.63) is 108 Å². The molecule has 4 nitrogen and oxygen atoms in total. The topological polar surface area (TPSA) is 54.3 Å². The van der Waals surface area contributed by atoms with Gasteiger partial charge in [0.2, 0.25) is 0 Å². The predicted molar refractivity (Wildman–Crippen MR) is 130 cm³/mol. The molecule has 4 heteroatoms. The van der Waals surface area contributed by atoms with Gasteiger partial charge in [-0.3, -0.25) is 4.79 Å². The molecule has 4 aromatic carbocycles. The summed E-state index contributed by atoms with van der Waals surface area (Å²) in [5.41, 5.74) is 4.87. The zero-order valence-corrected chi connectivity index (χ0v) is 17.7. The maximum absolute atomic E-state index is 12.6. The molecule has 0 aliphatic heterocycles. The molecule has 158 valence electrons. The van der Waals surface area contributed by atoms with E-state index in [-0.39, 0.29) is 19.1 Å². The average Bonchev–Trinajstić information content (AvgIpc) is 3.24. The van der Waals surface area contributed by atoms with Crippen molar-refractivity contribution in [1.82, 2.24) is 9.88 Å². The van der Waals surface area contributed by atoms with Gasteiger partial charge in [-0.1, -0.05) is 72.8 Å². The summed E-state index contributed by atoms with van der Waals surface area (Å²) in [5, 5.41) is 15.5. The minimum Gasteiger partial charge on any atom is -0.395 e. The summed E-state index contributed by atoms with van der Waals surface area (Å²) in [4.78, 5) is 12.6. The van der Waals surface area contributed by atoms with E-state index in [9.17, 15) is 4.79 Å². The molecule has 0 saturated carbocycles. The zero-order valence-electron chi connectivity index (χ0n) is 17.7. The first-order valence-electron chi connectivity index (χ1n) is 10.8. The van der Waals surface area contributed by atoms with Crippen LogP contribution >= 0.6 is 0 Å². The number of aliphatic hydroxyl groups is 1. The van der Waals surface area contributed by atoms with Gasteiger partial charge in [-0.25, -0.2) is 0 Å². The van der Waals surface area contributed by atoms with Gasteiger partial charge in [0, 0.05) is 30.4 Å². The first-order chi connectivity index (χ1) is 15.7. The number of fused-ring (bicyclic) bond motifs is 2. The number of carbonyl (C=O) groups is 1. The number of hydrogen-bond acceptors (Lipinski definition) is 2. The molecule has 0 bridgehead atoms. The predicted octanol–water partition coefficient (Wildman–Crippen LogP) is 5.23. The molecule has 5 aromatic rings. The van der Waals surface area contributed by atoms with Gasteiger partial charge in [0.15, 0.2) is 0 Å². The Labute approximate surface area is 186 Å². The van der Waals surface area contributed by atoms with Crippen LogP contribution < -0.4 is 5.32 Å². The summed E-state index contributed by atoms with van der Waals surface area (Å²) >= 11 is 0. The monoisotopic (exact) mass is 420 g/mol. The number of nitrogens with zero attached hydrogens (tertiary/aromatic N) is 1. The van der Waals surface area contributed by atoms with Gasteiger partial charge in [0.25, 0.3) is 5.91 Å². The van der Waals surface area contributed by atoms with E-state index in [0.717, 1.165) is 28.6 Å². The van der Waals surface area contributed by atoms with E-state index in [2.05, 4.69) is 82.8 Å². The fraction of sp³-hybridized carbons (Fsp3) is 0.107. The molecule has 0 saturated heterocycles. The second kappa shape index (κ2) is 8.69. The lowest BCUT2D eigenvalue weighted by atomic mass is 9.98. The van der Waals surface area contributed by atoms with Gasteiger partial charge >= 0.3 is 0 Å². The fourth-order valence-electron chi connectivity index (χ4n) is 4.30. The van der Waals surface area contributed by atoms with Crippen molar-refractivity contribution in [1.29, 1.82) is 0 Å². The number of hydrogen-bond donors (Lipinski definition) is 2. The fourth-order valence-corrected chi connectivity index (χ4v) is 4.30. The van der Waals surface area contributed by atoms with Gasteiger partial charge in [-0.2, -0.15) is 0 Å². The third-order valence-corrected chi connectivity index (χ3v) is 5.87. The van der Waals surface area contributed by atoms with E-state index in [1.807, 2.05) is 24.3 Å². The molecular weight excluding hydrogens is 396 g/mol. The van der Waals surface area contributed by atoms with Gasteiger partial charge in [-0.05, 0) is 51.0 Å². The summed E-state index contributed by atoms with van der Waals surface area (Å²) in [6.07, 6.45) is 2.12. The Morgan fingerprint density at radius 1 is 0.844 bits per heavy atom. The van der Waals surface area contributed by atoms with Crippen LogP contribution in [0.3, 0.4) is 0 Å². The summed E-state index contributed by atoms with van der Waals surface area (Å²) in [7, 11) is 0. The van der Waals surface area contributed by atoms with Crippen molar-refractivity contribution in [2.75, 3.05) is 13.2 Å². The van der Waals surface area contributed by atoms with Crippen molar-refractivity contribution in [2.24, 2.45) is 0 Å². The molecule has 32 heavy (non-hydrogen) atoms. The first-order valence-corrected chi connectivity index (χ1v) is 10.8. The normalized spacial score (nSPS) is 11.2. The Hall–Kier alpha value is -3.89. The molecule has 0 unspecified atom stereocenters. The summed E-state index contributed by atoms with van der Waals surface area (Å²) in [5.74, 6) is -0.180. The maximum atomic E-state index is 12.6. The quantitative estimate of drug-likeness (QED) is 0.395. The van der Waals surface area contributed by atoms with Crippen LogP contribution in [0, 0.1) is 0 Å². The van der Waals surface area contributed by atoms with E-state index in [4.69, 9.17) is 5.11 Å². The van der Waals surface area contributed by atoms with Crippen molar-refractivity contribution >= 4 is 27.6 Å². The Morgan fingerprint density at radius 2 is 1.66 bits per heavy atom. The molecule has 5 rings (SSSR count). The molecule has 0 aliphatic carbocycles. The van der Waals surface area contributed by atoms with Crippen LogP contribution in [0.25, 0.3) is 32.8 Å². The molecule has 0 atom stereocenters. The highest BCUT2D eigenvalue weighted by Gasteiger charge is 2.13. The van der Waals surface area contributed by atoms with Gasteiger partial charge in [0.05, 0.1) is 6.61 Å². The van der Waals surface area contributed by atoms with Crippen LogP contribution in [0.5, 0.6) is 0 Å². The second-order valence-corrected chi connectivity index (χ2v) is 7.88. The SMILES string of the molecule is O=C(NCCO)c1ccccc1-c1ccc2ccn(Cc3cccc4ccccc34)c2c1. The largest absolute Gasteiger partial charge is 0.395 e. The van der Waals surface area contributed by atoms with Crippen LogP contribution in [0.2, 0.25) is 0 Å². The zero-order chi connectivity index (χ0) is 21.9. The number of aromatic nitrogens is 1. The number of nitrogens with one attached hydrogen (secondary N) is 1. The minimum atomic E-state index is -0.180. The van der Waals surface area contributed by atoms with Crippen LogP contribution in [-0.2, 0) is 6.54 Å². The minimum absolute atomic E-state index is 0.0818.